The third-order valence-electron chi connectivity index (χ3n) is 2.40. The normalized spacial score (nSPS) is 25.4. The van der Waals surface area contributed by atoms with Crippen molar-refractivity contribution in [3.8, 4) is 0 Å². The summed E-state index contributed by atoms with van der Waals surface area (Å²) in [4.78, 5) is 21.2. The van der Waals surface area contributed by atoms with E-state index < -0.39 is 23.8 Å². The molecule has 0 aliphatic heterocycles. The van der Waals surface area contributed by atoms with Gasteiger partial charge in [-0.05, 0) is 12.8 Å². The Labute approximate surface area is 107 Å². The van der Waals surface area contributed by atoms with Gasteiger partial charge >= 0.3 is 11.9 Å². The van der Waals surface area contributed by atoms with Crippen LogP contribution in [-0.4, -0.2) is 59.9 Å². The van der Waals surface area contributed by atoms with Crippen molar-refractivity contribution in [2.45, 2.75) is 25.7 Å². The Morgan fingerprint density at radius 2 is 1.14 bits per heavy atom. The van der Waals surface area contributed by atoms with Gasteiger partial charge in [-0.2, -0.15) is 0 Å². The van der Waals surface area contributed by atoms with Crippen LogP contribution in [0, 0.1) is 11.8 Å². The molecule has 0 spiro atoms. The fourth-order valence-electron chi connectivity index (χ4n) is 1.72. The fourth-order valence-corrected chi connectivity index (χ4v) is 1.72. The molecule has 0 aromatic rings. The first-order valence-corrected chi connectivity index (χ1v) is 4.08. The molecule has 1 saturated carbocycles. The molecule has 2 unspecified atom stereocenters. The molecule has 0 saturated heterocycles. The second-order valence-corrected chi connectivity index (χ2v) is 3.17. The van der Waals surface area contributed by atoms with Crippen LogP contribution in [0.4, 0.5) is 0 Å². The molecule has 2 radical (unpaired) electrons. The predicted molar refractivity (Wildman–Crippen MR) is 52.2 cm³/mol. The molecule has 1 aliphatic carbocycles. The SMILES string of the molecule is O=C(O)C1CCCCC1C(=O)O.[Li].[Li]. The van der Waals surface area contributed by atoms with E-state index in [1.807, 2.05) is 0 Å². The Morgan fingerprint density at radius 3 is 1.36 bits per heavy atom. The maximum atomic E-state index is 10.6. The van der Waals surface area contributed by atoms with E-state index >= 15 is 0 Å². The van der Waals surface area contributed by atoms with E-state index in [2.05, 4.69) is 0 Å². The van der Waals surface area contributed by atoms with Crippen LogP contribution in [0.5, 0.6) is 0 Å². The summed E-state index contributed by atoms with van der Waals surface area (Å²) in [7, 11) is 0. The van der Waals surface area contributed by atoms with Crippen molar-refractivity contribution in [3.63, 3.8) is 0 Å². The van der Waals surface area contributed by atoms with Crippen LogP contribution >= 0.6 is 0 Å². The second kappa shape index (κ2) is 7.43. The zero-order valence-corrected chi connectivity index (χ0v) is 8.69. The molecule has 1 rings (SSSR count). The van der Waals surface area contributed by atoms with E-state index in [1.54, 1.807) is 0 Å². The first-order chi connectivity index (χ1) is 5.63. The van der Waals surface area contributed by atoms with Crippen LogP contribution in [0.2, 0.25) is 0 Å². The van der Waals surface area contributed by atoms with Crippen LogP contribution in [-0.2, 0) is 9.59 Å². The summed E-state index contributed by atoms with van der Waals surface area (Å²) >= 11 is 0. The fraction of sp³-hybridized carbons (Fsp3) is 0.750. The van der Waals surface area contributed by atoms with Crippen LogP contribution < -0.4 is 0 Å². The van der Waals surface area contributed by atoms with Gasteiger partial charge in [-0.3, -0.25) is 9.59 Å². The largest absolute Gasteiger partial charge is 0.481 e. The first-order valence-electron chi connectivity index (χ1n) is 4.08. The molecule has 14 heavy (non-hydrogen) atoms. The summed E-state index contributed by atoms with van der Waals surface area (Å²) in [6.45, 7) is 0. The van der Waals surface area contributed by atoms with Gasteiger partial charge in [-0.1, -0.05) is 12.8 Å². The smallest absolute Gasteiger partial charge is 0.307 e. The summed E-state index contributed by atoms with van der Waals surface area (Å²) in [5, 5.41) is 17.4. The summed E-state index contributed by atoms with van der Waals surface area (Å²) in [6, 6.07) is 0. The van der Waals surface area contributed by atoms with E-state index in [4.69, 9.17) is 10.2 Å². The van der Waals surface area contributed by atoms with Gasteiger partial charge in [0.25, 0.3) is 0 Å². The number of rotatable bonds is 2. The predicted octanol–water partition coefficient (Wildman–Crippen LogP) is 0.200. The van der Waals surface area contributed by atoms with Crippen molar-refractivity contribution in [1.29, 1.82) is 0 Å². The molecular weight excluding hydrogens is 174 g/mol. The van der Waals surface area contributed by atoms with Gasteiger partial charge in [-0.25, -0.2) is 0 Å². The summed E-state index contributed by atoms with van der Waals surface area (Å²) in [6.07, 6.45) is 2.68. The van der Waals surface area contributed by atoms with Crippen molar-refractivity contribution in [2.24, 2.45) is 11.8 Å². The minimum absolute atomic E-state index is 0. The molecular formula is C8H12Li2O4. The molecule has 2 atom stereocenters. The number of hydrogen-bond acceptors (Lipinski definition) is 2. The van der Waals surface area contributed by atoms with E-state index in [0.717, 1.165) is 12.8 Å². The van der Waals surface area contributed by atoms with Crippen molar-refractivity contribution >= 4 is 49.7 Å². The maximum Gasteiger partial charge on any atom is 0.307 e. The zero-order chi connectivity index (χ0) is 9.14. The monoisotopic (exact) mass is 186 g/mol. The Kier molecular flexibility index (Phi) is 8.79. The number of carboxylic acids is 2. The van der Waals surface area contributed by atoms with Crippen LogP contribution in [0.3, 0.4) is 0 Å². The minimum atomic E-state index is -0.970. The summed E-state index contributed by atoms with van der Waals surface area (Å²) in [5.41, 5.74) is 0. The second-order valence-electron chi connectivity index (χ2n) is 3.17. The van der Waals surface area contributed by atoms with Crippen LogP contribution in [0.15, 0.2) is 0 Å². The molecule has 0 amide bonds. The van der Waals surface area contributed by atoms with Crippen molar-refractivity contribution in [3.05, 3.63) is 0 Å². The van der Waals surface area contributed by atoms with Crippen molar-refractivity contribution < 1.29 is 19.8 Å². The van der Waals surface area contributed by atoms with E-state index in [-0.39, 0.29) is 37.7 Å². The Bertz CT molecular complexity index is 186. The van der Waals surface area contributed by atoms with Crippen molar-refractivity contribution in [1.82, 2.24) is 0 Å². The Balaban J connectivity index is 0. The van der Waals surface area contributed by atoms with Crippen LogP contribution in [0.25, 0.3) is 0 Å². The average molecular weight is 186 g/mol. The topological polar surface area (TPSA) is 74.6 Å². The van der Waals surface area contributed by atoms with Gasteiger partial charge in [0.15, 0.2) is 0 Å². The van der Waals surface area contributed by atoms with Gasteiger partial charge < -0.3 is 10.2 Å². The molecule has 0 heterocycles. The van der Waals surface area contributed by atoms with E-state index in [0.29, 0.717) is 12.8 Å². The molecule has 1 aliphatic rings. The molecule has 0 aromatic heterocycles. The van der Waals surface area contributed by atoms with Gasteiger partial charge in [0.2, 0.25) is 0 Å². The zero-order valence-electron chi connectivity index (χ0n) is 8.69. The van der Waals surface area contributed by atoms with Gasteiger partial charge in [-0.15, -0.1) is 0 Å². The number of hydrogen-bond donors (Lipinski definition) is 2. The minimum Gasteiger partial charge on any atom is -0.481 e. The first kappa shape index (κ1) is 16.6. The molecule has 4 nitrogen and oxygen atoms in total. The Hall–Kier alpha value is 0.135. The van der Waals surface area contributed by atoms with Gasteiger partial charge in [0.1, 0.15) is 0 Å². The maximum absolute atomic E-state index is 10.6. The van der Waals surface area contributed by atoms with E-state index in [9.17, 15) is 9.59 Å². The molecule has 0 aromatic carbocycles. The molecule has 6 heteroatoms. The summed E-state index contributed by atoms with van der Waals surface area (Å²) < 4.78 is 0. The molecule has 2 N–H and O–H groups in total. The standard InChI is InChI=1S/C8H12O4.2Li/c9-7(10)5-3-1-2-4-6(5)8(11)12;;/h5-6H,1-4H2,(H,9,10)(H,11,12);;. The quantitative estimate of drug-likeness (QED) is 0.604. The van der Waals surface area contributed by atoms with Gasteiger partial charge in [0.05, 0.1) is 11.8 Å². The molecule has 0 bridgehead atoms. The van der Waals surface area contributed by atoms with Gasteiger partial charge in [0, 0.05) is 37.7 Å². The number of carboxylic acid groups (broad SMARTS) is 2. The van der Waals surface area contributed by atoms with Crippen LogP contribution in [0.1, 0.15) is 25.7 Å². The van der Waals surface area contributed by atoms with Crippen molar-refractivity contribution in [2.75, 3.05) is 0 Å². The number of aliphatic carboxylic acids is 2. The summed E-state index contributed by atoms with van der Waals surface area (Å²) in [5.74, 6) is -3.28. The molecule has 70 valence electrons. The third-order valence-corrected chi connectivity index (χ3v) is 2.40. The Morgan fingerprint density at radius 1 is 0.857 bits per heavy atom. The number of carbonyl (C=O) groups is 2. The third kappa shape index (κ3) is 4.11. The molecule has 1 fully saturated rings. The van der Waals surface area contributed by atoms with E-state index in [1.165, 1.54) is 0 Å². The average Bonchev–Trinajstić information content (AvgIpc) is 2.04.